The zero-order valence-corrected chi connectivity index (χ0v) is 11.5. The third-order valence-electron chi connectivity index (χ3n) is 3.20. The van der Waals surface area contributed by atoms with Crippen LogP contribution in [0.15, 0.2) is 23.1 Å². The van der Waals surface area contributed by atoms with E-state index >= 15 is 0 Å². The molecule has 2 rings (SSSR count). The first-order chi connectivity index (χ1) is 8.25. The monoisotopic (exact) mass is 270 g/mol. The Labute approximate surface area is 112 Å². The highest BCUT2D eigenvalue weighted by Crippen LogP contribution is 2.30. The summed E-state index contributed by atoms with van der Waals surface area (Å²) >= 11 is 7.98. The van der Waals surface area contributed by atoms with E-state index in [0.29, 0.717) is 0 Å². The van der Waals surface area contributed by atoms with Gasteiger partial charge in [-0.1, -0.05) is 11.6 Å². The van der Waals surface area contributed by atoms with Gasteiger partial charge in [0.1, 0.15) is 0 Å². The summed E-state index contributed by atoms with van der Waals surface area (Å²) in [5.41, 5.74) is 6.41. The first-order valence-corrected chi connectivity index (χ1v) is 7.50. The second kappa shape index (κ2) is 6.53. The van der Waals surface area contributed by atoms with E-state index in [0.717, 1.165) is 27.3 Å². The van der Waals surface area contributed by atoms with Crippen molar-refractivity contribution in [3.05, 3.63) is 23.2 Å². The maximum Gasteiger partial charge on any atom is 0.0562 e. The molecule has 0 aliphatic carbocycles. The number of anilines is 1. The molecule has 3 N–H and O–H groups in total. The molecule has 17 heavy (non-hydrogen) atoms. The number of nitrogens with two attached hydrogens (primary N) is 1. The number of nitrogens with one attached hydrogen (secondary N) is 1. The Bertz CT molecular complexity index is 364. The Morgan fingerprint density at radius 2 is 2.12 bits per heavy atom. The van der Waals surface area contributed by atoms with Gasteiger partial charge in [-0.25, -0.2) is 0 Å². The minimum atomic E-state index is 0.734. The van der Waals surface area contributed by atoms with Crippen molar-refractivity contribution in [2.75, 3.05) is 24.6 Å². The fourth-order valence-corrected chi connectivity index (χ4v) is 3.52. The fourth-order valence-electron chi connectivity index (χ4n) is 2.14. The molecule has 2 nitrogen and oxygen atoms in total. The lowest BCUT2D eigenvalue weighted by atomic mass is 9.96. The van der Waals surface area contributed by atoms with Crippen LogP contribution < -0.4 is 11.1 Å². The van der Waals surface area contributed by atoms with E-state index in [9.17, 15) is 0 Å². The highest BCUT2D eigenvalue weighted by atomic mass is 35.5. The Balaban J connectivity index is 1.77. The Morgan fingerprint density at radius 3 is 2.82 bits per heavy atom. The number of nitrogen functional groups attached to an aromatic ring is 1. The largest absolute Gasteiger partial charge is 0.399 e. The molecule has 94 valence electrons. The van der Waals surface area contributed by atoms with Gasteiger partial charge in [0, 0.05) is 10.6 Å². The van der Waals surface area contributed by atoms with E-state index in [1.807, 2.05) is 30.0 Å². The summed E-state index contributed by atoms with van der Waals surface area (Å²) in [7, 11) is 0. The van der Waals surface area contributed by atoms with Crippen LogP contribution in [-0.4, -0.2) is 18.8 Å². The lowest BCUT2D eigenvalue weighted by molar-refractivity contribution is 0.367. The highest BCUT2D eigenvalue weighted by Gasteiger charge is 2.12. The van der Waals surface area contributed by atoms with Crippen molar-refractivity contribution in [3.8, 4) is 0 Å². The average molecular weight is 271 g/mol. The third kappa shape index (κ3) is 4.09. The van der Waals surface area contributed by atoms with Crippen LogP contribution in [0.2, 0.25) is 5.02 Å². The van der Waals surface area contributed by atoms with E-state index in [-0.39, 0.29) is 0 Å². The van der Waals surface area contributed by atoms with Crippen LogP contribution in [-0.2, 0) is 0 Å². The Kier molecular flexibility index (Phi) is 5.01. The van der Waals surface area contributed by atoms with Gasteiger partial charge >= 0.3 is 0 Å². The second-order valence-electron chi connectivity index (χ2n) is 4.52. The summed E-state index contributed by atoms with van der Waals surface area (Å²) < 4.78 is 0. The predicted molar refractivity (Wildman–Crippen MR) is 76.8 cm³/mol. The van der Waals surface area contributed by atoms with E-state index in [1.54, 1.807) is 0 Å². The molecule has 0 atom stereocenters. The van der Waals surface area contributed by atoms with Crippen molar-refractivity contribution in [2.45, 2.75) is 24.2 Å². The number of thioether (sulfide) groups is 1. The number of hydrogen-bond donors (Lipinski definition) is 2. The van der Waals surface area contributed by atoms with E-state index in [1.165, 1.54) is 32.4 Å². The molecule has 1 aliphatic heterocycles. The summed E-state index contributed by atoms with van der Waals surface area (Å²) in [6.45, 7) is 2.36. The SMILES string of the molecule is Nc1ccc(SCCC2CCNCC2)c(Cl)c1. The molecule has 1 aromatic carbocycles. The maximum absolute atomic E-state index is 6.14. The van der Waals surface area contributed by atoms with Gasteiger partial charge in [-0.3, -0.25) is 0 Å². The Hall–Kier alpha value is -0.380. The van der Waals surface area contributed by atoms with Gasteiger partial charge in [-0.05, 0) is 62.2 Å². The van der Waals surface area contributed by atoms with Gasteiger partial charge in [-0.2, -0.15) is 0 Å². The van der Waals surface area contributed by atoms with Crippen LogP contribution in [0, 0.1) is 5.92 Å². The molecular weight excluding hydrogens is 252 g/mol. The fraction of sp³-hybridized carbons (Fsp3) is 0.538. The molecule has 1 heterocycles. The minimum Gasteiger partial charge on any atom is -0.399 e. The summed E-state index contributed by atoms with van der Waals surface area (Å²) in [5, 5.41) is 4.17. The first-order valence-electron chi connectivity index (χ1n) is 6.14. The topological polar surface area (TPSA) is 38.0 Å². The lowest BCUT2D eigenvalue weighted by Gasteiger charge is -2.22. The molecule has 1 saturated heterocycles. The molecule has 0 aromatic heterocycles. The lowest BCUT2D eigenvalue weighted by Crippen LogP contribution is -2.27. The summed E-state index contributed by atoms with van der Waals surface area (Å²) in [6.07, 6.45) is 3.92. The smallest absolute Gasteiger partial charge is 0.0562 e. The molecule has 0 amide bonds. The molecule has 1 aromatic rings. The number of halogens is 1. The van der Waals surface area contributed by atoms with Crippen LogP contribution in [0.1, 0.15) is 19.3 Å². The standard InChI is InChI=1S/C13H19ClN2S/c14-12-9-11(15)1-2-13(12)17-8-5-10-3-6-16-7-4-10/h1-2,9-10,16H,3-8,15H2. The highest BCUT2D eigenvalue weighted by molar-refractivity contribution is 7.99. The summed E-state index contributed by atoms with van der Waals surface area (Å²) in [6, 6.07) is 5.76. The van der Waals surface area contributed by atoms with Crippen molar-refractivity contribution >= 4 is 29.1 Å². The van der Waals surface area contributed by atoms with E-state index in [2.05, 4.69) is 5.32 Å². The van der Waals surface area contributed by atoms with Crippen LogP contribution in [0.5, 0.6) is 0 Å². The molecule has 1 fully saturated rings. The quantitative estimate of drug-likeness (QED) is 0.651. The molecule has 0 unspecified atom stereocenters. The third-order valence-corrected chi connectivity index (χ3v) is 4.73. The van der Waals surface area contributed by atoms with Crippen molar-refractivity contribution in [2.24, 2.45) is 5.92 Å². The van der Waals surface area contributed by atoms with Crippen molar-refractivity contribution < 1.29 is 0 Å². The molecule has 0 spiro atoms. The van der Waals surface area contributed by atoms with Crippen LogP contribution in [0.3, 0.4) is 0 Å². The second-order valence-corrected chi connectivity index (χ2v) is 6.06. The zero-order valence-electron chi connectivity index (χ0n) is 9.92. The zero-order chi connectivity index (χ0) is 12.1. The van der Waals surface area contributed by atoms with Gasteiger partial charge < -0.3 is 11.1 Å². The van der Waals surface area contributed by atoms with Gasteiger partial charge in [0.05, 0.1) is 5.02 Å². The normalized spacial score (nSPS) is 17.2. The Morgan fingerprint density at radius 1 is 1.35 bits per heavy atom. The van der Waals surface area contributed by atoms with Gasteiger partial charge in [-0.15, -0.1) is 11.8 Å². The minimum absolute atomic E-state index is 0.734. The van der Waals surface area contributed by atoms with Crippen LogP contribution >= 0.6 is 23.4 Å². The van der Waals surface area contributed by atoms with E-state index in [4.69, 9.17) is 17.3 Å². The number of rotatable bonds is 4. The van der Waals surface area contributed by atoms with E-state index < -0.39 is 0 Å². The molecule has 1 aliphatic rings. The molecule has 0 radical (unpaired) electrons. The van der Waals surface area contributed by atoms with Gasteiger partial charge in [0.25, 0.3) is 0 Å². The maximum atomic E-state index is 6.14. The van der Waals surface area contributed by atoms with Gasteiger partial charge in [0.2, 0.25) is 0 Å². The molecule has 0 bridgehead atoms. The number of piperidine rings is 1. The van der Waals surface area contributed by atoms with Gasteiger partial charge in [0.15, 0.2) is 0 Å². The molecule has 0 saturated carbocycles. The van der Waals surface area contributed by atoms with Crippen LogP contribution in [0.25, 0.3) is 0 Å². The van der Waals surface area contributed by atoms with Crippen molar-refractivity contribution in [1.29, 1.82) is 0 Å². The van der Waals surface area contributed by atoms with Crippen molar-refractivity contribution in [3.63, 3.8) is 0 Å². The summed E-state index contributed by atoms with van der Waals surface area (Å²) in [4.78, 5) is 1.15. The molecular formula is C13H19ClN2S. The number of hydrogen-bond acceptors (Lipinski definition) is 3. The summed E-state index contributed by atoms with van der Waals surface area (Å²) in [5.74, 6) is 2.03. The average Bonchev–Trinajstić information content (AvgIpc) is 2.33. The number of benzene rings is 1. The van der Waals surface area contributed by atoms with Crippen LogP contribution in [0.4, 0.5) is 5.69 Å². The molecule has 4 heteroatoms. The van der Waals surface area contributed by atoms with Crippen molar-refractivity contribution in [1.82, 2.24) is 5.32 Å². The predicted octanol–water partition coefficient (Wildman–Crippen LogP) is 3.40. The first kappa shape index (κ1) is 13.1.